The molecule has 158 valence electrons. The summed E-state index contributed by atoms with van der Waals surface area (Å²) in [5.41, 5.74) is 1.18. The second-order valence-corrected chi connectivity index (χ2v) is 8.95. The summed E-state index contributed by atoms with van der Waals surface area (Å²) in [5, 5.41) is 6.83. The number of nitrogens with zero attached hydrogens (tertiary/aromatic N) is 3. The molecule has 0 spiro atoms. The van der Waals surface area contributed by atoms with Crippen LogP contribution in [-0.2, 0) is 5.54 Å². The van der Waals surface area contributed by atoms with E-state index in [1.165, 1.54) is 12.4 Å². The Kier molecular flexibility index (Phi) is 5.33. The second-order valence-electron chi connectivity index (χ2n) is 7.81. The van der Waals surface area contributed by atoms with E-state index >= 15 is 0 Å². The van der Waals surface area contributed by atoms with Gasteiger partial charge in [-0.05, 0) is 17.7 Å². The van der Waals surface area contributed by atoms with E-state index < -0.39 is 5.82 Å². The number of carbonyl (C=O) groups excluding carboxylic acids is 1. The molecule has 2 saturated heterocycles. The standard InChI is InChI=1S/C23H22FN5OS/c24-19-11-25-21(26-12-19)29-13-18-14-31-22(27-20(30)16-7-3-1-4-8-16)28-23(18,15-29)17-9-5-2-6-10-17/h1-12,18,22,28H,13-15H2,(H,27,30)/t18-,22?,23+/m0/s1. The topological polar surface area (TPSA) is 70.2 Å². The van der Waals surface area contributed by atoms with Crippen LogP contribution in [0, 0.1) is 11.7 Å². The highest BCUT2D eigenvalue weighted by Gasteiger charge is 2.52. The molecule has 1 unspecified atom stereocenters. The second kappa shape index (κ2) is 8.28. The minimum atomic E-state index is -0.449. The van der Waals surface area contributed by atoms with Gasteiger partial charge in [0.2, 0.25) is 5.95 Å². The maximum absolute atomic E-state index is 13.3. The fourth-order valence-corrected chi connectivity index (χ4v) is 5.70. The molecule has 8 heteroatoms. The summed E-state index contributed by atoms with van der Waals surface area (Å²) >= 11 is 1.68. The molecular formula is C23H22FN5OS. The van der Waals surface area contributed by atoms with Crippen molar-refractivity contribution in [3.05, 3.63) is 90.0 Å². The summed E-state index contributed by atoms with van der Waals surface area (Å²) in [5.74, 6) is 1.10. The van der Waals surface area contributed by atoms with Gasteiger partial charge in [0, 0.05) is 30.3 Å². The van der Waals surface area contributed by atoms with Gasteiger partial charge in [-0.15, -0.1) is 11.8 Å². The molecule has 1 aromatic heterocycles. The van der Waals surface area contributed by atoms with Crippen LogP contribution in [0.1, 0.15) is 15.9 Å². The molecule has 3 atom stereocenters. The number of anilines is 1. The summed E-state index contributed by atoms with van der Waals surface area (Å²) in [6, 6.07) is 19.5. The zero-order chi connectivity index (χ0) is 21.3. The van der Waals surface area contributed by atoms with Crippen molar-refractivity contribution in [2.45, 2.75) is 11.0 Å². The van der Waals surface area contributed by atoms with Gasteiger partial charge in [0.05, 0.1) is 17.9 Å². The molecule has 2 aromatic carbocycles. The van der Waals surface area contributed by atoms with Gasteiger partial charge in [0.15, 0.2) is 5.82 Å². The number of carbonyl (C=O) groups is 1. The predicted octanol–water partition coefficient (Wildman–Crippen LogP) is 3.00. The molecule has 3 aromatic rings. The largest absolute Gasteiger partial charge is 0.338 e. The molecule has 2 aliphatic heterocycles. The van der Waals surface area contributed by atoms with E-state index in [0.29, 0.717) is 18.1 Å². The molecule has 5 rings (SSSR count). The summed E-state index contributed by atoms with van der Waals surface area (Å²) in [6.07, 6.45) is 2.40. The van der Waals surface area contributed by atoms with Crippen molar-refractivity contribution < 1.29 is 9.18 Å². The highest BCUT2D eigenvalue weighted by atomic mass is 32.2. The van der Waals surface area contributed by atoms with E-state index in [1.807, 2.05) is 48.5 Å². The Bertz CT molecular complexity index is 1050. The SMILES string of the molecule is O=C(NC1N[C@@]2(c3ccccc3)CN(c3ncc(F)cn3)C[C@H]2CS1)c1ccccc1. The minimum Gasteiger partial charge on any atom is -0.338 e. The third-order valence-electron chi connectivity index (χ3n) is 5.91. The number of aromatic nitrogens is 2. The highest BCUT2D eigenvalue weighted by molar-refractivity contribution is 7.99. The van der Waals surface area contributed by atoms with Crippen LogP contribution in [0.2, 0.25) is 0 Å². The minimum absolute atomic E-state index is 0.107. The van der Waals surface area contributed by atoms with Crippen LogP contribution in [0.15, 0.2) is 73.1 Å². The molecule has 6 nitrogen and oxygen atoms in total. The van der Waals surface area contributed by atoms with Crippen LogP contribution in [0.25, 0.3) is 0 Å². The Balaban J connectivity index is 1.42. The molecule has 0 radical (unpaired) electrons. The molecule has 2 fully saturated rings. The van der Waals surface area contributed by atoms with E-state index in [2.05, 4.69) is 37.6 Å². The maximum Gasteiger partial charge on any atom is 0.253 e. The van der Waals surface area contributed by atoms with Crippen molar-refractivity contribution in [3.8, 4) is 0 Å². The molecule has 0 saturated carbocycles. The number of rotatable bonds is 4. The monoisotopic (exact) mass is 435 g/mol. The highest BCUT2D eigenvalue weighted by Crippen LogP contribution is 2.44. The Hall–Kier alpha value is -2.97. The third kappa shape index (κ3) is 3.88. The Morgan fingerprint density at radius 1 is 1.10 bits per heavy atom. The van der Waals surface area contributed by atoms with Crippen molar-refractivity contribution in [3.63, 3.8) is 0 Å². The molecule has 1 amide bonds. The normalized spacial score (nSPS) is 25.1. The van der Waals surface area contributed by atoms with Gasteiger partial charge in [0.25, 0.3) is 5.91 Å². The van der Waals surface area contributed by atoms with Gasteiger partial charge >= 0.3 is 0 Å². The van der Waals surface area contributed by atoms with Crippen LogP contribution in [-0.4, -0.2) is 40.2 Å². The summed E-state index contributed by atoms with van der Waals surface area (Å²) in [7, 11) is 0. The smallest absolute Gasteiger partial charge is 0.253 e. The van der Waals surface area contributed by atoms with E-state index in [0.717, 1.165) is 17.9 Å². The van der Waals surface area contributed by atoms with Crippen molar-refractivity contribution in [1.29, 1.82) is 0 Å². The lowest BCUT2D eigenvalue weighted by atomic mass is 9.81. The van der Waals surface area contributed by atoms with Gasteiger partial charge in [0.1, 0.15) is 5.50 Å². The first kappa shape index (κ1) is 20.0. The van der Waals surface area contributed by atoms with Crippen LogP contribution in [0.5, 0.6) is 0 Å². The van der Waals surface area contributed by atoms with E-state index in [-0.39, 0.29) is 22.9 Å². The molecule has 0 bridgehead atoms. The first-order valence-corrected chi connectivity index (χ1v) is 11.2. The molecule has 3 heterocycles. The fourth-order valence-electron chi connectivity index (χ4n) is 4.40. The van der Waals surface area contributed by atoms with Crippen LogP contribution in [0.4, 0.5) is 10.3 Å². The molecule has 31 heavy (non-hydrogen) atoms. The van der Waals surface area contributed by atoms with Gasteiger partial charge < -0.3 is 10.2 Å². The quantitative estimate of drug-likeness (QED) is 0.657. The average molecular weight is 436 g/mol. The number of hydrogen-bond donors (Lipinski definition) is 2. The molecular weight excluding hydrogens is 413 g/mol. The van der Waals surface area contributed by atoms with Gasteiger partial charge in [-0.25, -0.2) is 14.4 Å². The predicted molar refractivity (Wildman–Crippen MR) is 119 cm³/mol. The van der Waals surface area contributed by atoms with E-state index in [1.54, 1.807) is 11.8 Å². The van der Waals surface area contributed by atoms with Gasteiger partial charge in [-0.2, -0.15) is 0 Å². The summed E-state index contributed by atoms with van der Waals surface area (Å²) < 4.78 is 13.3. The van der Waals surface area contributed by atoms with Crippen LogP contribution >= 0.6 is 11.8 Å². The number of amides is 1. The Labute approximate surface area is 184 Å². The van der Waals surface area contributed by atoms with Crippen molar-refractivity contribution in [2.24, 2.45) is 5.92 Å². The van der Waals surface area contributed by atoms with E-state index in [4.69, 9.17) is 0 Å². The number of benzene rings is 2. The lowest BCUT2D eigenvalue weighted by Gasteiger charge is -2.43. The zero-order valence-corrected chi connectivity index (χ0v) is 17.6. The van der Waals surface area contributed by atoms with Gasteiger partial charge in [-0.3, -0.25) is 10.1 Å². The Morgan fingerprint density at radius 2 is 1.77 bits per heavy atom. The number of thioether (sulfide) groups is 1. The van der Waals surface area contributed by atoms with Crippen LogP contribution in [0.3, 0.4) is 0 Å². The lowest BCUT2D eigenvalue weighted by molar-refractivity contribution is 0.0933. The average Bonchev–Trinajstić information content (AvgIpc) is 3.21. The fraction of sp³-hybridized carbons (Fsp3) is 0.261. The third-order valence-corrected chi connectivity index (χ3v) is 7.07. The number of nitrogens with one attached hydrogen (secondary N) is 2. The molecule has 0 aliphatic carbocycles. The molecule has 2 N–H and O–H groups in total. The molecule has 2 aliphatic rings. The zero-order valence-electron chi connectivity index (χ0n) is 16.7. The maximum atomic E-state index is 13.3. The number of halogens is 1. The summed E-state index contributed by atoms with van der Waals surface area (Å²) in [4.78, 5) is 23.2. The number of hydrogen-bond acceptors (Lipinski definition) is 6. The van der Waals surface area contributed by atoms with E-state index in [9.17, 15) is 9.18 Å². The first-order chi connectivity index (χ1) is 15.1. The van der Waals surface area contributed by atoms with Crippen molar-refractivity contribution >= 4 is 23.6 Å². The Morgan fingerprint density at radius 3 is 2.48 bits per heavy atom. The van der Waals surface area contributed by atoms with Gasteiger partial charge in [-0.1, -0.05) is 48.5 Å². The summed E-state index contributed by atoms with van der Waals surface area (Å²) in [6.45, 7) is 1.38. The van der Waals surface area contributed by atoms with Crippen molar-refractivity contribution in [1.82, 2.24) is 20.6 Å². The van der Waals surface area contributed by atoms with Crippen LogP contribution < -0.4 is 15.5 Å². The lowest BCUT2D eigenvalue weighted by Crippen LogP contribution is -2.61. The number of fused-ring (bicyclic) bond motifs is 1. The first-order valence-electron chi connectivity index (χ1n) is 10.2. The van der Waals surface area contributed by atoms with Crippen molar-refractivity contribution in [2.75, 3.05) is 23.7 Å².